The monoisotopic (exact) mass is 285 g/mol. The Morgan fingerprint density at radius 1 is 1.24 bits per heavy atom. The number of nitrogens with one attached hydrogen (secondary N) is 1. The normalized spacial score (nSPS) is 10.1. The van der Waals surface area contributed by atoms with E-state index in [0.717, 1.165) is 11.3 Å². The summed E-state index contributed by atoms with van der Waals surface area (Å²) in [6.07, 6.45) is 0. The Bertz CT molecular complexity index is 656. The first-order valence-corrected chi connectivity index (χ1v) is 6.56. The molecule has 5 nitrogen and oxygen atoms in total. The zero-order valence-electron chi connectivity index (χ0n) is 12.4. The van der Waals surface area contributed by atoms with Crippen LogP contribution in [0, 0.1) is 6.92 Å². The van der Waals surface area contributed by atoms with Crippen LogP contribution in [-0.4, -0.2) is 20.1 Å². The SMILES string of the molecule is COc1cccc(N(C)C(=O)c2cc(C)ccc2NN)c1. The second kappa shape index (κ2) is 6.28. The van der Waals surface area contributed by atoms with Crippen molar-refractivity contribution in [3.05, 3.63) is 53.6 Å². The highest BCUT2D eigenvalue weighted by atomic mass is 16.5. The molecule has 0 bridgehead atoms. The molecule has 0 spiro atoms. The molecule has 2 rings (SSSR count). The molecule has 21 heavy (non-hydrogen) atoms. The average molecular weight is 285 g/mol. The smallest absolute Gasteiger partial charge is 0.260 e. The number of aryl methyl sites for hydroxylation is 1. The van der Waals surface area contributed by atoms with Gasteiger partial charge in [0.15, 0.2) is 0 Å². The van der Waals surface area contributed by atoms with Crippen LogP contribution in [0.3, 0.4) is 0 Å². The number of nitrogens with zero attached hydrogens (tertiary/aromatic N) is 1. The van der Waals surface area contributed by atoms with E-state index in [1.165, 1.54) is 0 Å². The van der Waals surface area contributed by atoms with Gasteiger partial charge in [-0.05, 0) is 31.2 Å². The second-order valence-electron chi connectivity index (χ2n) is 4.76. The molecule has 0 saturated heterocycles. The molecule has 0 radical (unpaired) electrons. The molecule has 0 aliphatic rings. The topological polar surface area (TPSA) is 67.6 Å². The van der Waals surface area contributed by atoms with E-state index in [1.807, 2.05) is 43.3 Å². The number of hydrogen-bond donors (Lipinski definition) is 2. The lowest BCUT2D eigenvalue weighted by atomic mass is 10.1. The van der Waals surface area contributed by atoms with Gasteiger partial charge in [0.25, 0.3) is 5.91 Å². The minimum atomic E-state index is -0.139. The molecule has 0 aliphatic heterocycles. The van der Waals surface area contributed by atoms with Gasteiger partial charge in [-0.25, -0.2) is 0 Å². The summed E-state index contributed by atoms with van der Waals surface area (Å²) in [7, 11) is 3.32. The minimum absolute atomic E-state index is 0.139. The Balaban J connectivity index is 2.36. The number of nitrogens with two attached hydrogens (primary N) is 1. The van der Waals surface area contributed by atoms with Crippen molar-refractivity contribution in [1.82, 2.24) is 0 Å². The highest BCUT2D eigenvalue weighted by Crippen LogP contribution is 2.24. The van der Waals surface area contributed by atoms with Gasteiger partial charge in [-0.1, -0.05) is 17.7 Å². The van der Waals surface area contributed by atoms with Crippen LogP contribution < -0.4 is 20.9 Å². The quantitative estimate of drug-likeness (QED) is 0.669. The maximum absolute atomic E-state index is 12.7. The van der Waals surface area contributed by atoms with Crippen LogP contribution in [-0.2, 0) is 0 Å². The van der Waals surface area contributed by atoms with E-state index in [9.17, 15) is 4.79 Å². The van der Waals surface area contributed by atoms with Gasteiger partial charge in [0.05, 0.1) is 18.4 Å². The maximum Gasteiger partial charge on any atom is 0.260 e. The summed E-state index contributed by atoms with van der Waals surface area (Å²) in [5.41, 5.74) is 5.44. The average Bonchev–Trinajstić information content (AvgIpc) is 2.53. The van der Waals surface area contributed by atoms with Gasteiger partial charge in [-0.3, -0.25) is 10.6 Å². The Morgan fingerprint density at radius 2 is 2.00 bits per heavy atom. The number of amides is 1. The standard InChI is InChI=1S/C16H19N3O2/c1-11-7-8-15(18-17)14(9-11)16(20)19(2)12-5-4-6-13(10-12)21-3/h4-10,18H,17H2,1-3H3. The molecule has 0 aliphatic carbocycles. The Hall–Kier alpha value is -2.53. The number of benzene rings is 2. The Labute approximate surface area is 124 Å². The van der Waals surface area contributed by atoms with E-state index in [-0.39, 0.29) is 5.91 Å². The van der Waals surface area contributed by atoms with Crippen LogP contribution in [0.4, 0.5) is 11.4 Å². The van der Waals surface area contributed by atoms with Crippen molar-refractivity contribution in [1.29, 1.82) is 0 Å². The van der Waals surface area contributed by atoms with Crippen molar-refractivity contribution >= 4 is 17.3 Å². The molecule has 110 valence electrons. The first-order valence-electron chi connectivity index (χ1n) is 6.56. The maximum atomic E-state index is 12.7. The van der Waals surface area contributed by atoms with Crippen molar-refractivity contribution in [2.24, 2.45) is 5.84 Å². The van der Waals surface area contributed by atoms with Gasteiger partial charge in [0, 0.05) is 18.8 Å². The summed E-state index contributed by atoms with van der Waals surface area (Å²) in [5, 5.41) is 0. The summed E-state index contributed by atoms with van der Waals surface area (Å²) in [6.45, 7) is 1.93. The van der Waals surface area contributed by atoms with Crippen LogP contribution in [0.2, 0.25) is 0 Å². The van der Waals surface area contributed by atoms with E-state index in [4.69, 9.17) is 10.6 Å². The minimum Gasteiger partial charge on any atom is -0.497 e. The number of methoxy groups -OCH3 is 1. The first-order chi connectivity index (χ1) is 10.1. The molecule has 0 atom stereocenters. The fraction of sp³-hybridized carbons (Fsp3) is 0.188. The third-order valence-corrected chi connectivity index (χ3v) is 3.31. The number of carbonyl (C=O) groups excluding carboxylic acids is 1. The summed E-state index contributed by atoms with van der Waals surface area (Å²) in [5.74, 6) is 6.05. The molecule has 0 aromatic heterocycles. The van der Waals surface area contributed by atoms with Crippen LogP contribution in [0.1, 0.15) is 15.9 Å². The highest BCUT2D eigenvalue weighted by molar-refractivity contribution is 6.09. The van der Waals surface area contributed by atoms with Gasteiger partial charge < -0.3 is 15.1 Å². The fourth-order valence-electron chi connectivity index (χ4n) is 2.08. The van der Waals surface area contributed by atoms with E-state index in [0.29, 0.717) is 17.0 Å². The molecular formula is C16H19N3O2. The molecule has 0 fully saturated rings. The van der Waals surface area contributed by atoms with Gasteiger partial charge in [0.1, 0.15) is 5.75 Å². The van der Waals surface area contributed by atoms with E-state index >= 15 is 0 Å². The van der Waals surface area contributed by atoms with Gasteiger partial charge >= 0.3 is 0 Å². The third kappa shape index (κ3) is 3.14. The molecule has 0 heterocycles. The zero-order chi connectivity index (χ0) is 15.4. The molecule has 3 N–H and O–H groups in total. The van der Waals surface area contributed by atoms with Gasteiger partial charge in [-0.15, -0.1) is 0 Å². The Kier molecular flexibility index (Phi) is 4.45. The fourth-order valence-corrected chi connectivity index (χ4v) is 2.08. The number of hydrogen-bond acceptors (Lipinski definition) is 4. The third-order valence-electron chi connectivity index (χ3n) is 3.31. The number of anilines is 2. The van der Waals surface area contributed by atoms with Crippen molar-refractivity contribution in [3.63, 3.8) is 0 Å². The number of nitrogen functional groups attached to an aromatic ring is 1. The molecule has 0 unspecified atom stereocenters. The molecule has 2 aromatic carbocycles. The molecule has 1 amide bonds. The highest BCUT2D eigenvalue weighted by Gasteiger charge is 2.17. The lowest BCUT2D eigenvalue weighted by Crippen LogP contribution is -2.27. The lowest BCUT2D eigenvalue weighted by Gasteiger charge is -2.20. The predicted molar refractivity (Wildman–Crippen MR) is 84.7 cm³/mol. The zero-order valence-corrected chi connectivity index (χ0v) is 12.4. The number of ether oxygens (including phenoxy) is 1. The van der Waals surface area contributed by atoms with E-state index in [1.54, 1.807) is 25.1 Å². The number of hydrazine groups is 1. The van der Waals surface area contributed by atoms with Gasteiger partial charge in [-0.2, -0.15) is 0 Å². The van der Waals surface area contributed by atoms with E-state index < -0.39 is 0 Å². The molecule has 0 saturated carbocycles. The summed E-state index contributed by atoms with van der Waals surface area (Å²) < 4.78 is 5.18. The predicted octanol–water partition coefficient (Wildman–Crippen LogP) is 2.57. The van der Waals surface area contributed by atoms with E-state index in [2.05, 4.69) is 5.43 Å². The van der Waals surface area contributed by atoms with Crippen LogP contribution >= 0.6 is 0 Å². The van der Waals surface area contributed by atoms with Crippen molar-refractivity contribution in [2.75, 3.05) is 24.5 Å². The lowest BCUT2D eigenvalue weighted by molar-refractivity contribution is 0.0993. The van der Waals surface area contributed by atoms with Crippen LogP contribution in [0.5, 0.6) is 5.75 Å². The summed E-state index contributed by atoms with van der Waals surface area (Å²) in [4.78, 5) is 14.2. The summed E-state index contributed by atoms with van der Waals surface area (Å²) >= 11 is 0. The molecule has 5 heteroatoms. The van der Waals surface area contributed by atoms with Gasteiger partial charge in [0.2, 0.25) is 0 Å². The number of carbonyl (C=O) groups is 1. The first kappa shape index (κ1) is 14.9. The Morgan fingerprint density at radius 3 is 2.67 bits per heavy atom. The van der Waals surface area contributed by atoms with Crippen LogP contribution in [0.25, 0.3) is 0 Å². The van der Waals surface area contributed by atoms with Crippen molar-refractivity contribution in [2.45, 2.75) is 6.92 Å². The summed E-state index contributed by atoms with van der Waals surface area (Å²) in [6, 6.07) is 12.8. The molecule has 2 aromatic rings. The van der Waals surface area contributed by atoms with Crippen molar-refractivity contribution < 1.29 is 9.53 Å². The second-order valence-corrected chi connectivity index (χ2v) is 4.76. The van der Waals surface area contributed by atoms with Crippen LogP contribution in [0.15, 0.2) is 42.5 Å². The van der Waals surface area contributed by atoms with Crippen molar-refractivity contribution in [3.8, 4) is 5.75 Å². The largest absolute Gasteiger partial charge is 0.497 e. The molecular weight excluding hydrogens is 266 g/mol. The number of rotatable bonds is 4.